The lowest BCUT2D eigenvalue weighted by Gasteiger charge is -2.39. The van der Waals surface area contributed by atoms with Crippen molar-refractivity contribution < 1.29 is 29.0 Å². The smallest absolute Gasteiger partial charge is 0.312 e. The molecule has 2 bridgehead atoms. The average Bonchev–Trinajstić information content (AvgIpc) is 3.58. The third-order valence-electron chi connectivity index (χ3n) is 8.75. The van der Waals surface area contributed by atoms with Gasteiger partial charge in [0.05, 0.1) is 37.2 Å². The molecule has 4 rings (SSSR count). The molecular weight excluding hydrogens is 510 g/mol. The van der Waals surface area contributed by atoms with Gasteiger partial charge in [0.25, 0.3) is 5.91 Å². The molecule has 0 aromatic heterocycles. The molecule has 3 fully saturated rings. The highest BCUT2D eigenvalue weighted by Gasteiger charge is 2.75. The zero-order valence-corrected chi connectivity index (χ0v) is 24.5. The maximum atomic E-state index is 14.7. The number of aliphatic hydroxyl groups is 1. The van der Waals surface area contributed by atoms with Crippen LogP contribution in [0.25, 0.3) is 0 Å². The highest BCUT2D eigenvalue weighted by Crippen LogP contribution is 2.59. The summed E-state index contributed by atoms with van der Waals surface area (Å²) in [6.07, 6.45) is 2.77. The van der Waals surface area contributed by atoms with Gasteiger partial charge in [-0.3, -0.25) is 14.4 Å². The number of amides is 2. The number of carbonyl (C=O) groups is 3. The van der Waals surface area contributed by atoms with E-state index in [9.17, 15) is 19.5 Å². The third-order valence-corrected chi connectivity index (χ3v) is 8.75. The Morgan fingerprint density at radius 1 is 1.20 bits per heavy atom. The van der Waals surface area contributed by atoms with Gasteiger partial charge in [0, 0.05) is 31.0 Å². The molecule has 9 nitrogen and oxygen atoms in total. The molecule has 9 heteroatoms. The molecule has 1 aromatic carbocycles. The van der Waals surface area contributed by atoms with Gasteiger partial charge in [-0.25, -0.2) is 0 Å². The Labute approximate surface area is 238 Å². The number of nitrogens with zero attached hydrogens (tertiary/aromatic N) is 3. The van der Waals surface area contributed by atoms with E-state index in [1.54, 1.807) is 22.8 Å². The highest BCUT2D eigenvalue weighted by atomic mass is 16.6. The number of carbonyl (C=O) groups excluding carboxylic acids is 3. The summed E-state index contributed by atoms with van der Waals surface area (Å²) in [4.78, 5) is 47.4. The van der Waals surface area contributed by atoms with Crippen LogP contribution in [0, 0.1) is 17.8 Å². The van der Waals surface area contributed by atoms with Gasteiger partial charge in [0.2, 0.25) is 5.91 Å². The minimum atomic E-state index is -1.15. The van der Waals surface area contributed by atoms with E-state index in [1.165, 1.54) is 0 Å². The molecule has 2 amide bonds. The van der Waals surface area contributed by atoms with Crippen molar-refractivity contribution in [2.45, 2.75) is 77.7 Å². The summed E-state index contributed by atoms with van der Waals surface area (Å²) in [6.45, 7) is 15.7. The van der Waals surface area contributed by atoms with Crippen molar-refractivity contribution in [2.75, 3.05) is 42.6 Å². The molecule has 0 radical (unpaired) electrons. The molecule has 3 heterocycles. The molecule has 6 atom stereocenters. The van der Waals surface area contributed by atoms with Gasteiger partial charge in [-0.2, -0.15) is 0 Å². The Morgan fingerprint density at radius 2 is 1.85 bits per heavy atom. The number of hydrogen-bond donors (Lipinski definition) is 1. The fraction of sp³-hybridized carbons (Fsp3) is 0.645. The summed E-state index contributed by atoms with van der Waals surface area (Å²) in [7, 11) is 0. The third kappa shape index (κ3) is 5.02. The predicted molar refractivity (Wildman–Crippen MR) is 154 cm³/mol. The lowest BCUT2D eigenvalue weighted by atomic mass is 9.70. The van der Waals surface area contributed by atoms with Crippen molar-refractivity contribution in [1.29, 1.82) is 0 Å². The topological polar surface area (TPSA) is 99.6 Å². The number of benzene rings is 1. The minimum Gasteiger partial charge on any atom is -0.466 e. The molecule has 220 valence electrons. The minimum absolute atomic E-state index is 0.175. The number of aliphatic hydroxyl groups excluding tert-OH is 1. The van der Waals surface area contributed by atoms with E-state index < -0.39 is 41.6 Å². The Hall–Kier alpha value is -2.91. The molecule has 1 N–H and O–H groups in total. The molecule has 3 saturated heterocycles. The van der Waals surface area contributed by atoms with Crippen molar-refractivity contribution in [1.82, 2.24) is 4.90 Å². The van der Waals surface area contributed by atoms with Gasteiger partial charge in [-0.15, -0.1) is 6.58 Å². The van der Waals surface area contributed by atoms with Crippen LogP contribution in [0.4, 0.5) is 11.4 Å². The lowest BCUT2D eigenvalue weighted by Crippen LogP contribution is -2.59. The van der Waals surface area contributed by atoms with E-state index in [2.05, 4.69) is 25.3 Å². The maximum absolute atomic E-state index is 14.7. The number of rotatable bonds is 13. The van der Waals surface area contributed by atoms with Crippen molar-refractivity contribution in [3.63, 3.8) is 0 Å². The monoisotopic (exact) mass is 555 g/mol. The Morgan fingerprint density at radius 3 is 2.40 bits per heavy atom. The number of hydrogen-bond acceptors (Lipinski definition) is 7. The first kappa shape index (κ1) is 30.1. The van der Waals surface area contributed by atoms with E-state index in [0.717, 1.165) is 18.8 Å². The highest BCUT2D eigenvalue weighted by molar-refractivity contribution is 6.05. The van der Waals surface area contributed by atoms with E-state index in [4.69, 9.17) is 9.47 Å². The second kappa shape index (κ2) is 12.3. The van der Waals surface area contributed by atoms with Gasteiger partial charge in [-0.1, -0.05) is 19.9 Å². The maximum Gasteiger partial charge on any atom is 0.312 e. The number of esters is 1. The number of likely N-dealkylation sites (tertiary alicyclic amines) is 1. The van der Waals surface area contributed by atoms with E-state index in [0.29, 0.717) is 24.9 Å². The molecule has 1 aromatic rings. The van der Waals surface area contributed by atoms with Crippen molar-refractivity contribution in [3.05, 3.63) is 36.9 Å². The molecule has 0 aliphatic carbocycles. The summed E-state index contributed by atoms with van der Waals surface area (Å²) in [5.74, 6) is -2.47. The van der Waals surface area contributed by atoms with E-state index in [1.807, 2.05) is 38.1 Å². The molecular formula is C31H45N3O6. The molecule has 40 heavy (non-hydrogen) atoms. The molecule has 0 saturated carbocycles. The fourth-order valence-corrected chi connectivity index (χ4v) is 7.12. The summed E-state index contributed by atoms with van der Waals surface area (Å²) in [5.41, 5.74) is 0.594. The van der Waals surface area contributed by atoms with Crippen LogP contribution in [-0.2, 0) is 23.9 Å². The van der Waals surface area contributed by atoms with Crippen LogP contribution in [0.15, 0.2) is 36.9 Å². The first-order valence-corrected chi connectivity index (χ1v) is 14.7. The van der Waals surface area contributed by atoms with Crippen LogP contribution < -0.4 is 9.80 Å². The van der Waals surface area contributed by atoms with Crippen LogP contribution in [0.3, 0.4) is 0 Å². The Kier molecular flexibility index (Phi) is 9.25. The van der Waals surface area contributed by atoms with Crippen LogP contribution in [0.1, 0.15) is 53.9 Å². The van der Waals surface area contributed by atoms with Gasteiger partial charge in [-0.05, 0) is 70.2 Å². The first-order valence-electron chi connectivity index (χ1n) is 14.7. The van der Waals surface area contributed by atoms with Gasteiger partial charge >= 0.3 is 5.97 Å². The number of fused-ring (bicyclic) bond motifs is 1. The molecule has 1 spiro atoms. The van der Waals surface area contributed by atoms with Gasteiger partial charge < -0.3 is 29.3 Å². The molecule has 0 unspecified atom stereocenters. The summed E-state index contributed by atoms with van der Waals surface area (Å²) >= 11 is 0. The summed E-state index contributed by atoms with van der Waals surface area (Å²) in [6, 6.07) is 6.26. The number of anilines is 2. The van der Waals surface area contributed by atoms with Gasteiger partial charge in [0.15, 0.2) is 0 Å². The standard InChI is InChI=1S/C31H45N3O6/c1-7-17-33(22-13-11-21(12-14-22)32(8-2)9-3)29(37)27-31-16-15-24(40-31)25(30(38)39-10-4)26(31)28(36)34(27)23(19-35)18-20(5)6/h7,11-14,20,23-27,35H,1,8-10,15-19H2,2-6H3/t23-,24+,25-,26-,27+,31-/m1/s1. The molecule has 3 aliphatic heterocycles. The van der Waals surface area contributed by atoms with Crippen LogP contribution >= 0.6 is 0 Å². The first-order chi connectivity index (χ1) is 19.2. The average molecular weight is 556 g/mol. The summed E-state index contributed by atoms with van der Waals surface area (Å²) < 4.78 is 11.9. The summed E-state index contributed by atoms with van der Waals surface area (Å²) in [5, 5.41) is 10.5. The van der Waals surface area contributed by atoms with E-state index >= 15 is 0 Å². The van der Waals surface area contributed by atoms with Crippen LogP contribution in [0.2, 0.25) is 0 Å². The van der Waals surface area contributed by atoms with Crippen molar-refractivity contribution >= 4 is 29.2 Å². The largest absolute Gasteiger partial charge is 0.466 e. The Bertz CT molecular complexity index is 1090. The van der Waals surface area contributed by atoms with Crippen LogP contribution in [-0.4, -0.2) is 84.4 Å². The van der Waals surface area contributed by atoms with E-state index in [-0.39, 0.29) is 37.5 Å². The SMILES string of the molecule is C=CCN(C(=O)[C@@H]1N([C@@H](CO)CC(C)C)C(=O)[C@H]2[C@H](C(=O)OCC)[C@@H]3CC[C@]12O3)c1ccc(N(CC)CC)cc1. The van der Waals surface area contributed by atoms with Crippen LogP contribution in [0.5, 0.6) is 0 Å². The number of ether oxygens (including phenoxy) is 2. The Balaban J connectivity index is 1.78. The fourth-order valence-electron chi connectivity index (χ4n) is 7.12. The quantitative estimate of drug-likeness (QED) is 0.294. The second-order valence-electron chi connectivity index (χ2n) is 11.4. The lowest BCUT2D eigenvalue weighted by molar-refractivity contribution is -0.155. The normalized spacial score (nSPS) is 27.6. The predicted octanol–water partition coefficient (Wildman–Crippen LogP) is 3.40. The second-order valence-corrected chi connectivity index (χ2v) is 11.4. The van der Waals surface area contributed by atoms with Crippen molar-refractivity contribution in [2.24, 2.45) is 17.8 Å². The van der Waals surface area contributed by atoms with Gasteiger partial charge in [0.1, 0.15) is 11.6 Å². The zero-order chi connectivity index (χ0) is 29.2. The zero-order valence-electron chi connectivity index (χ0n) is 24.5. The van der Waals surface area contributed by atoms with Crippen molar-refractivity contribution in [3.8, 4) is 0 Å². The molecule has 3 aliphatic rings.